The molecule has 156 valence electrons. The van der Waals surface area contributed by atoms with Crippen molar-refractivity contribution in [2.24, 2.45) is 20.5 Å². The predicted octanol–water partition coefficient (Wildman–Crippen LogP) is 8.82. The molecule has 3 aromatic carbocycles. The highest BCUT2D eigenvalue weighted by atomic mass is 15.1. The topological polar surface area (TPSA) is 61.5 Å². The molecular formula is C25H31N5. The third kappa shape index (κ3) is 5.83. The molecule has 3 rings (SSSR count). The number of aryl methyl sites for hydroxylation is 4. The Labute approximate surface area is 180 Å². The molecule has 5 heteroatoms. The zero-order valence-corrected chi connectivity index (χ0v) is 19.0. The molecular weight excluding hydrogens is 370 g/mol. The molecule has 3 aromatic rings. The van der Waals surface area contributed by atoms with Crippen LogP contribution in [0.3, 0.4) is 0 Å². The Bertz CT molecular complexity index is 1040. The molecule has 0 radical (unpaired) electrons. The highest BCUT2D eigenvalue weighted by molar-refractivity contribution is 5.62. The van der Waals surface area contributed by atoms with E-state index < -0.39 is 0 Å². The lowest BCUT2D eigenvalue weighted by Gasteiger charge is -2.09. The first-order valence-electron chi connectivity index (χ1n) is 10.3. The Morgan fingerprint density at radius 1 is 0.567 bits per heavy atom. The zero-order chi connectivity index (χ0) is 22.1. The fraction of sp³-hybridized carbons (Fsp3) is 0.280. The van der Waals surface area contributed by atoms with E-state index >= 15 is 0 Å². The maximum absolute atomic E-state index is 4.49. The summed E-state index contributed by atoms with van der Waals surface area (Å²) in [5.41, 5.74) is 8.75. The normalized spacial score (nSPS) is 10.9. The van der Waals surface area contributed by atoms with Gasteiger partial charge < -0.3 is 5.32 Å². The van der Waals surface area contributed by atoms with E-state index in [4.69, 9.17) is 0 Å². The molecule has 0 aliphatic carbocycles. The van der Waals surface area contributed by atoms with Crippen LogP contribution in [-0.4, -0.2) is 7.05 Å². The second kappa shape index (κ2) is 11.0. The van der Waals surface area contributed by atoms with Gasteiger partial charge in [0.25, 0.3) is 0 Å². The lowest BCUT2D eigenvalue weighted by atomic mass is 10.1. The van der Waals surface area contributed by atoms with E-state index in [1.54, 1.807) is 0 Å². The standard InChI is InChI=1S/C23H25N5.C2H6/c1-15-12-22(16(2)11-20(15)24-5)27-28-23-14-17(3)21(13-18(23)4)26-25-19-9-7-6-8-10-19;1-2/h6-14,24H,1-5H3;1-2H3. The number of nitrogens with one attached hydrogen (secondary N) is 1. The SMILES string of the molecule is CC.CNc1cc(C)c(N=Nc2cc(C)c(N=Nc3ccccc3)cc2C)cc1C. The van der Waals surface area contributed by atoms with Crippen molar-refractivity contribution in [3.8, 4) is 0 Å². The van der Waals surface area contributed by atoms with Gasteiger partial charge in [-0.05, 0) is 86.3 Å². The molecule has 0 aliphatic heterocycles. The Hall–Kier alpha value is -3.34. The van der Waals surface area contributed by atoms with Gasteiger partial charge in [-0.3, -0.25) is 0 Å². The lowest BCUT2D eigenvalue weighted by Crippen LogP contribution is -1.92. The fourth-order valence-electron chi connectivity index (χ4n) is 2.89. The highest BCUT2D eigenvalue weighted by Gasteiger charge is 2.06. The summed E-state index contributed by atoms with van der Waals surface area (Å²) in [6, 6.07) is 17.9. The van der Waals surface area contributed by atoms with E-state index in [0.29, 0.717) is 0 Å². The molecule has 0 saturated carbocycles. The number of azo groups is 2. The summed E-state index contributed by atoms with van der Waals surface area (Å²) in [7, 11) is 1.92. The van der Waals surface area contributed by atoms with Gasteiger partial charge >= 0.3 is 0 Å². The number of nitrogens with zero attached hydrogens (tertiary/aromatic N) is 4. The summed E-state index contributed by atoms with van der Waals surface area (Å²) in [4.78, 5) is 0. The van der Waals surface area contributed by atoms with Crippen molar-refractivity contribution in [3.05, 3.63) is 76.9 Å². The van der Waals surface area contributed by atoms with Crippen molar-refractivity contribution < 1.29 is 0 Å². The van der Waals surface area contributed by atoms with Gasteiger partial charge in [0, 0.05) is 12.7 Å². The highest BCUT2D eigenvalue weighted by Crippen LogP contribution is 2.32. The van der Waals surface area contributed by atoms with Crippen LogP contribution in [0.4, 0.5) is 28.4 Å². The van der Waals surface area contributed by atoms with E-state index in [-0.39, 0.29) is 0 Å². The Morgan fingerprint density at radius 2 is 1.00 bits per heavy atom. The summed E-state index contributed by atoms with van der Waals surface area (Å²) >= 11 is 0. The maximum atomic E-state index is 4.49. The Morgan fingerprint density at radius 3 is 1.50 bits per heavy atom. The van der Waals surface area contributed by atoms with Gasteiger partial charge in [0.2, 0.25) is 0 Å². The minimum atomic E-state index is 0.833. The van der Waals surface area contributed by atoms with E-state index in [0.717, 1.165) is 50.7 Å². The summed E-state index contributed by atoms with van der Waals surface area (Å²) in [6.45, 7) is 12.1. The Balaban J connectivity index is 0.00000155. The van der Waals surface area contributed by atoms with Crippen LogP contribution in [0.5, 0.6) is 0 Å². The summed E-state index contributed by atoms with van der Waals surface area (Å²) < 4.78 is 0. The van der Waals surface area contributed by atoms with Gasteiger partial charge in [-0.25, -0.2) is 0 Å². The number of anilines is 1. The molecule has 0 aliphatic rings. The average molecular weight is 402 g/mol. The van der Waals surface area contributed by atoms with E-state index in [2.05, 4.69) is 44.8 Å². The summed E-state index contributed by atoms with van der Waals surface area (Å²) in [6.07, 6.45) is 0. The van der Waals surface area contributed by atoms with Crippen LogP contribution >= 0.6 is 0 Å². The van der Waals surface area contributed by atoms with E-state index in [1.165, 1.54) is 0 Å². The molecule has 0 bridgehead atoms. The second-order valence-electron chi connectivity index (χ2n) is 6.86. The molecule has 30 heavy (non-hydrogen) atoms. The number of hydrogen-bond donors (Lipinski definition) is 1. The predicted molar refractivity (Wildman–Crippen MR) is 128 cm³/mol. The third-order valence-electron chi connectivity index (χ3n) is 4.62. The van der Waals surface area contributed by atoms with Gasteiger partial charge in [0.05, 0.1) is 22.7 Å². The van der Waals surface area contributed by atoms with E-state index in [1.807, 2.05) is 84.1 Å². The lowest BCUT2D eigenvalue weighted by molar-refractivity contribution is 1.16. The first-order valence-corrected chi connectivity index (χ1v) is 10.3. The van der Waals surface area contributed by atoms with Crippen LogP contribution in [0.1, 0.15) is 36.1 Å². The largest absolute Gasteiger partial charge is 0.388 e. The first kappa shape index (κ1) is 22.9. The van der Waals surface area contributed by atoms with Crippen LogP contribution in [0, 0.1) is 27.7 Å². The van der Waals surface area contributed by atoms with Gasteiger partial charge in [0.15, 0.2) is 0 Å². The molecule has 0 unspecified atom stereocenters. The van der Waals surface area contributed by atoms with Crippen LogP contribution < -0.4 is 5.32 Å². The van der Waals surface area contributed by atoms with Crippen molar-refractivity contribution in [1.29, 1.82) is 0 Å². The van der Waals surface area contributed by atoms with Crippen LogP contribution in [0.25, 0.3) is 0 Å². The van der Waals surface area contributed by atoms with Crippen molar-refractivity contribution in [1.82, 2.24) is 0 Å². The molecule has 0 fully saturated rings. The maximum Gasteiger partial charge on any atom is 0.0890 e. The quantitative estimate of drug-likeness (QED) is 0.426. The molecule has 0 atom stereocenters. The van der Waals surface area contributed by atoms with Crippen molar-refractivity contribution in [2.75, 3.05) is 12.4 Å². The van der Waals surface area contributed by atoms with Gasteiger partial charge in [0.1, 0.15) is 0 Å². The minimum Gasteiger partial charge on any atom is -0.388 e. The number of hydrogen-bond acceptors (Lipinski definition) is 5. The van der Waals surface area contributed by atoms with Crippen molar-refractivity contribution in [2.45, 2.75) is 41.5 Å². The molecule has 0 aromatic heterocycles. The number of benzene rings is 3. The number of rotatable bonds is 5. The first-order chi connectivity index (χ1) is 14.5. The molecule has 5 nitrogen and oxygen atoms in total. The molecule has 0 spiro atoms. The van der Waals surface area contributed by atoms with Crippen molar-refractivity contribution in [3.63, 3.8) is 0 Å². The van der Waals surface area contributed by atoms with Gasteiger partial charge in [-0.1, -0.05) is 32.0 Å². The monoisotopic (exact) mass is 401 g/mol. The van der Waals surface area contributed by atoms with Crippen LogP contribution in [0.15, 0.2) is 75.1 Å². The van der Waals surface area contributed by atoms with Gasteiger partial charge in [-0.2, -0.15) is 20.5 Å². The van der Waals surface area contributed by atoms with Gasteiger partial charge in [-0.15, -0.1) is 0 Å². The molecule has 0 heterocycles. The smallest absolute Gasteiger partial charge is 0.0890 e. The fourth-order valence-corrected chi connectivity index (χ4v) is 2.89. The Kier molecular flexibility index (Phi) is 8.41. The minimum absolute atomic E-state index is 0.833. The molecule has 0 amide bonds. The van der Waals surface area contributed by atoms with Crippen LogP contribution in [0.2, 0.25) is 0 Å². The second-order valence-corrected chi connectivity index (χ2v) is 6.86. The van der Waals surface area contributed by atoms with Crippen LogP contribution in [-0.2, 0) is 0 Å². The molecule has 0 saturated heterocycles. The zero-order valence-electron chi connectivity index (χ0n) is 19.0. The third-order valence-corrected chi connectivity index (χ3v) is 4.62. The summed E-state index contributed by atoms with van der Waals surface area (Å²) in [5.74, 6) is 0. The average Bonchev–Trinajstić information content (AvgIpc) is 2.77. The van der Waals surface area contributed by atoms with Crippen molar-refractivity contribution >= 4 is 28.4 Å². The molecule has 1 N–H and O–H groups in total. The summed E-state index contributed by atoms with van der Waals surface area (Å²) in [5, 5.41) is 20.8. The van der Waals surface area contributed by atoms with E-state index in [9.17, 15) is 0 Å².